The lowest BCUT2D eigenvalue weighted by Gasteiger charge is -2.20. The van der Waals surface area contributed by atoms with E-state index in [-0.39, 0.29) is 5.91 Å². The van der Waals surface area contributed by atoms with Crippen LogP contribution in [0.15, 0.2) is 36.4 Å². The van der Waals surface area contributed by atoms with Gasteiger partial charge in [-0.15, -0.1) is 0 Å². The molecule has 1 amide bonds. The van der Waals surface area contributed by atoms with E-state index in [1.165, 1.54) is 0 Å². The van der Waals surface area contributed by atoms with E-state index in [4.69, 9.17) is 32.7 Å². The number of hydrogen-bond acceptors (Lipinski definition) is 4. The zero-order valence-electron chi connectivity index (χ0n) is 12.9. The van der Waals surface area contributed by atoms with Crippen LogP contribution in [0, 0.1) is 0 Å². The van der Waals surface area contributed by atoms with Gasteiger partial charge in [-0.25, -0.2) is 0 Å². The Morgan fingerprint density at radius 3 is 2.38 bits per heavy atom. The van der Waals surface area contributed by atoms with Crippen LogP contribution in [0.2, 0.25) is 10.0 Å². The van der Waals surface area contributed by atoms with Gasteiger partial charge in [0, 0.05) is 27.5 Å². The molecule has 1 aliphatic rings. The molecule has 5 nitrogen and oxygen atoms in total. The van der Waals surface area contributed by atoms with Crippen LogP contribution in [0.1, 0.15) is 6.92 Å². The Balaban J connectivity index is 1.65. The van der Waals surface area contributed by atoms with E-state index in [0.29, 0.717) is 40.4 Å². The molecule has 24 heavy (non-hydrogen) atoms. The molecule has 7 heteroatoms. The molecule has 2 N–H and O–H groups in total. The first kappa shape index (κ1) is 16.7. The maximum Gasteiger partial charge on any atom is 0.246 e. The first-order valence-electron chi connectivity index (χ1n) is 7.44. The van der Waals surface area contributed by atoms with Crippen LogP contribution in [-0.2, 0) is 4.79 Å². The van der Waals surface area contributed by atoms with Crippen molar-refractivity contribution in [2.24, 2.45) is 0 Å². The second kappa shape index (κ2) is 7.20. The van der Waals surface area contributed by atoms with Gasteiger partial charge in [-0.2, -0.15) is 0 Å². The van der Waals surface area contributed by atoms with Crippen LogP contribution in [-0.4, -0.2) is 25.2 Å². The van der Waals surface area contributed by atoms with Gasteiger partial charge < -0.3 is 20.1 Å². The third kappa shape index (κ3) is 4.04. The Morgan fingerprint density at radius 1 is 1.00 bits per heavy atom. The maximum absolute atomic E-state index is 12.3. The third-order valence-electron chi connectivity index (χ3n) is 3.45. The van der Waals surface area contributed by atoms with Gasteiger partial charge in [-0.1, -0.05) is 23.2 Å². The average molecular weight is 367 g/mol. The highest BCUT2D eigenvalue weighted by molar-refractivity contribution is 6.35. The number of hydrogen-bond donors (Lipinski definition) is 2. The molecule has 0 saturated heterocycles. The predicted molar refractivity (Wildman–Crippen MR) is 95.6 cm³/mol. The summed E-state index contributed by atoms with van der Waals surface area (Å²) in [6.07, 6.45) is 0. The molecule has 0 spiro atoms. The number of ether oxygens (including phenoxy) is 2. The predicted octanol–water partition coefficient (Wildman–Crippen LogP) is 4.20. The number of anilines is 2. The number of nitrogens with one attached hydrogen (secondary N) is 2. The van der Waals surface area contributed by atoms with Crippen LogP contribution in [0.4, 0.5) is 11.4 Å². The summed E-state index contributed by atoms with van der Waals surface area (Å²) >= 11 is 11.9. The fraction of sp³-hybridized carbons (Fsp3) is 0.235. The van der Waals surface area contributed by atoms with Gasteiger partial charge in [0.25, 0.3) is 0 Å². The van der Waals surface area contributed by atoms with Crippen molar-refractivity contribution >= 4 is 40.5 Å². The van der Waals surface area contributed by atoms with Gasteiger partial charge in [-0.05, 0) is 37.3 Å². The molecule has 0 aliphatic carbocycles. The number of amides is 1. The normalized spacial score (nSPS) is 14.0. The van der Waals surface area contributed by atoms with Crippen molar-refractivity contribution in [2.45, 2.75) is 13.0 Å². The molecule has 0 aromatic heterocycles. The largest absolute Gasteiger partial charge is 0.486 e. The van der Waals surface area contributed by atoms with Gasteiger partial charge >= 0.3 is 0 Å². The minimum absolute atomic E-state index is 0.205. The molecule has 0 saturated carbocycles. The van der Waals surface area contributed by atoms with Crippen molar-refractivity contribution in [1.82, 2.24) is 0 Å². The molecular weight excluding hydrogens is 351 g/mol. The second-order valence-corrected chi connectivity index (χ2v) is 6.24. The standard InChI is InChI=1S/C17H16Cl2N2O3/c1-10(17(22)21-14-7-11(18)6-12(19)8-14)20-13-2-3-15-16(9-13)24-5-4-23-15/h2-3,6-10,20H,4-5H2,1H3,(H,21,22)/t10-/m0/s1. The Labute approximate surface area is 149 Å². The summed E-state index contributed by atoms with van der Waals surface area (Å²) in [6, 6.07) is 9.89. The molecular formula is C17H16Cl2N2O3. The zero-order chi connectivity index (χ0) is 17.1. The van der Waals surface area contributed by atoms with E-state index in [1.807, 2.05) is 18.2 Å². The first-order chi connectivity index (χ1) is 11.5. The minimum atomic E-state index is -0.467. The Morgan fingerprint density at radius 2 is 1.67 bits per heavy atom. The Hall–Kier alpha value is -2.11. The number of fused-ring (bicyclic) bond motifs is 1. The second-order valence-electron chi connectivity index (χ2n) is 5.37. The number of carbonyl (C=O) groups is 1. The number of rotatable bonds is 4. The van der Waals surface area contributed by atoms with E-state index in [1.54, 1.807) is 25.1 Å². The molecule has 126 valence electrons. The molecule has 0 fully saturated rings. The Bertz CT molecular complexity index is 747. The summed E-state index contributed by atoms with van der Waals surface area (Å²) in [7, 11) is 0. The van der Waals surface area contributed by atoms with Gasteiger partial charge in [-0.3, -0.25) is 4.79 Å². The van der Waals surface area contributed by atoms with E-state index < -0.39 is 6.04 Å². The Kier molecular flexibility index (Phi) is 5.02. The highest BCUT2D eigenvalue weighted by Crippen LogP contribution is 2.32. The highest BCUT2D eigenvalue weighted by atomic mass is 35.5. The quantitative estimate of drug-likeness (QED) is 0.850. The van der Waals surface area contributed by atoms with Gasteiger partial charge in [0.2, 0.25) is 5.91 Å². The topological polar surface area (TPSA) is 59.6 Å². The molecule has 0 radical (unpaired) electrons. The summed E-state index contributed by atoms with van der Waals surface area (Å²) in [5, 5.41) is 6.83. The van der Waals surface area contributed by atoms with E-state index in [2.05, 4.69) is 10.6 Å². The van der Waals surface area contributed by atoms with Crippen molar-refractivity contribution in [1.29, 1.82) is 0 Å². The first-order valence-corrected chi connectivity index (χ1v) is 8.20. The molecule has 2 aromatic carbocycles. The smallest absolute Gasteiger partial charge is 0.246 e. The molecule has 3 rings (SSSR count). The van der Waals surface area contributed by atoms with Crippen molar-refractivity contribution in [3.05, 3.63) is 46.4 Å². The van der Waals surface area contributed by atoms with E-state index in [9.17, 15) is 4.79 Å². The fourth-order valence-corrected chi connectivity index (χ4v) is 2.85. The van der Waals surface area contributed by atoms with E-state index >= 15 is 0 Å². The molecule has 1 aliphatic heterocycles. The molecule has 1 atom stereocenters. The lowest BCUT2D eigenvalue weighted by Crippen LogP contribution is -2.31. The number of halogens is 2. The minimum Gasteiger partial charge on any atom is -0.486 e. The average Bonchev–Trinajstić information content (AvgIpc) is 2.53. The SMILES string of the molecule is C[C@H](Nc1ccc2c(c1)OCCO2)C(=O)Nc1cc(Cl)cc(Cl)c1. The van der Waals surface area contributed by atoms with Gasteiger partial charge in [0.1, 0.15) is 19.3 Å². The highest BCUT2D eigenvalue weighted by Gasteiger charge is 2.16. The van der Waals surface area contributed by atoms with Crippen molar-refractivity contribution in [3.8, 4) is 11.5 Å². The van der Waals surface area contributed by atoms with Gasteiger partial charge in [0.15, 0.2) is 11.5 Å². The summed E-state index contributed by atoms with van der Waals surface area (Å²) in [6.45, 7) is 2.82. The summed E-state index contributed by atoms with van der Waals surface area (Å²) < 4.78 is 11.0. The molecule has 2 aromatic rings. The lowest BCUT2D eigenvalue weighted by atomic mass is 10.2. The summed E-state index contributed by atoms with van der Waals surface area (Å²) in [4.78, 5) is 12.3. The third-order valence-corrected chi connectivity index (χ3v) is 3.89. The maximum atomic E-state index is 12.3. The van der Waals surface area contributed by atoms with Gasteiger partial charge in [0.05, 0.1) is 0 Å². The van der Waals surface area contributed by atoms with Crippen molar-refractivity contribution in [2.75, 3.05) is 23.8 Å². The van der Waals surface area contributed by atoms with E-state index in [0.717, 1.165) is 5.69 Å². The molecule has 0 bridgehead atoms. The summed E-state index contributed by atoms with van der Waals surface area (Å²) in [5.74, 6) is 1.17. The fourth-order valence-electron chi connectivity index (χ4n) is 2.33. The molecule has 1 heterocycles. The zero-order valence-corrected chi connectivity index (χ0v) is 14.4. The summed E-state index contributed by atoms with van der Waals surface area (Å²) in [5.41, 5.74) is 1.32. The van der Waals surface area contributed by atoms with Crippen molar-refractivity contribution < 1.29 is 14.3 Å². The van der Waals surface area contributed by atoms with Crippen LogP contribution in [0.3, 0.4) is 0 Å². The van der Waals surface area contributed by atoms with Crippen LogP contribution in [0.25, 0.3) is 0 Å². The monoisotopic (exact) mass is 366 g/mol. The van der Waals surface area contributed by atoms with Crippen molar-refractivity contribution in [3.63, 3.8) is 0 Å². The number of benzene rings is 2. The molecule has 0 unspecified atom stereocenters. The van der Waals surface area contributed by atoms with Crippen LogP contribution < -0.4 is 20.1 Å². The number of carbonyl (C=O) groups excluding carboxylic acids is 1. The lowest BCUT2D eigenvalue weighted by molar-refractivity contribution is -0.116. The van der Waals surface area contributed by atoms with Crippen LogP contribution in [0.5, 0.6) is 11.5 Å². The van der Waals surface area contributed by atoms with Crippen LogP contribution >= 0.6 is 23.2 Å².